The van der Waals surface area contributed by atoms with Gasteiger partial charge in [-0.2, -0.15) is 0 Å². The smallest absolute Gasteiger partial charge is 0.257 e. The van der Waals surface area contributed by atoms with Crippen molar-refractivity contribution in [2.45, 2.75) is 6.54 Å². The molecule has 1 amide bonds. The lowest BCUT2D eigenvalue weighted by molar-refractivity contribution is 0.0976. The van der Waals surface area contributed by atoms with Crippen molar-refractivity contribution in [1.82, 2.24) is 10.6 Å². The van der Waals surface area contributed by atoms with Gasteiger partial charge >= 0.3 is 0 Å². The topological polar surface area (TPSA) is 72.7 Å². The molecule has 1 aliphatic rings. The molecule has 2 aromatic rings. The van der Waals surface area contributed by atoms with Crippen LogP contribution in [0.1, 0.15) is 16.1 Å². The van der Waals surface area contributed by atoms with Gasteiger partial charge < -0.3 is 19.2 Å². The summed E-state index contributed by atoms with van der Waals surface area (Å²) in [6.45, 7) is 0.580. The lowest BCUT2D eigenvalue weighted by Crippen LogP contribution is -2.38. The number of nitrogens with one attached hydrogen (secondary N) is 2. The van der Waals surface area contributed by atoms with Gasteiger partial charge in [0.2, 0.25) is 6.79 Å². The molecule has 2 N–H and O–H groups in total. The summed E-state index contributed by atoms with van der Waals surface area (Å²) in [4.78, 5) is 12.1. The van der Waals surface area contributed by atoms with Gasteiger partial charge in [0, 0.05) is 5.56 Å². The highest BCUT2D eigenvalue weighted by Crippen LogP contribution is 2.32. The predicted octanol–water partition coefficient (Wildman–Crippen LogP) is 1.81. The van der Waals surface area contributed by atoms with E-state index < -0.39 is 0 Å². The molecule has 0 saturated heterocycles. The van der Waals surface area contributed by atoms with E-state index in [0.717, 1.165) is 5.76 Å². The van der Waals surface area contributed by atoms with Crippen molar-refractivity contribution >= 4 is 23.2 Å². The SMILES string of the molecule is O=C(NC(=S)NCc1ccco1)c1ccc2c(c1)OCO2. The maximum absolute atomic E-state index is 12.1. The van der Waals surface area contributed by atoms with Crippen molar-refractivity contribution in [3.8, 4) is 11.5 Å². The van der Waals surface area contributed by atoms with E-state index >= 15 is 0 Å². The summed E-state index contributed by atoms with van der Waals surface area (Å²) in [6, 6.07) is 8.56. The minimum atomic E-state index is -0.315. The summed E-state index contributed by atoms with van der Waals surface area (Å²) in [5, 5.41) is 5.71. The first kappa shape index (κ1) is 13.4. The number of carbonyl (C=O) groups is 1. The number of rotatable bonds is 3. The molecule has 1 aliphatic heterocycles. The Morgan fingerprint density at radius 1 is 1.24 bits per heavy atom. The normalized spacial score (nSPS) is 12.0. The van der Waals surface area contributed by atoms with Crippen molar-refractivity contribution in [2.24, 2.45) is 0 Å². The number of amides is 1. The molecule has 0 bridgehead atoms. The Labute approximate surface area is 126 Å². The van der Waals surface area contributed by atoms with Gasteiger partial charge in [0.15, 0.2) is 16.6 Å². The van der Waals surface area contributed by atoms with E-state index in [1.54, 1.807) is 30.5 Å². The van der Waals surface area contributed by atoms with Gasteiger partial charge in [0.25, 0.3) is 5.91 Å². The molecule has 0 spiro atoms. The second kappa shape index (κ2) is 5.84. The Bertz CT molecular complexity index is 670. The first-order valence-electron chi connectivity index (χ1n) is 6.23. The van der Waals surface area contributed by atoms with Crippen molar-refractivity contribution in [3.63, 3.8) is 0 Å². The van der Waals surface area contributed by atoms with Crippen LogP contribution in [-0.2, 0) is 6.54 Å². The second-order valence-electron chi connectivity index (χ2n) is 4.28. The molecule has 3 rings (SSSR count). The second-order valence-corrected chi connectivity index (χ2v) is 4.69. The monoisotopic (exact) mass is 304 g/mol. The van der Waals surface area contributed by atoms with E-state index in [-0.39, 0.29) is 17.8 Å². The van der Waals surface area contributed by atoms with E-state index in [4.69, 9.17) is 26.1 Å². The Hall–Kier alpha value is -2.54. The molecule has 0 atom stereocenters. The Kier molecular flexibility index (Phi) is 3.74. The van der Waals surface area contributed by atoms with Crippen LogP contribution in [0.2, 0.25) is 0 Å². The molecular weight excluding hydrogens is 292 g/mol. The largest absolute Gasteiger partial charge is 0.467 e. The highest BCUT2D eigenvalue weighted by atomic mass is 32.1. The molecule has 0 saturated carbocycles. The van der Waals surface area contributed by atoms with E-state index in [2.05, 4.69) is 10.6 Å². The van der Waals surface area contributed by atoms with Crippen LogP contribution in [0.5, 0.6) is 11.5 Å². The van der Waals surface area contributed by atoms with Gasteiger partial charge in [-0.1, -0.05) is 0 Å². The molecule has 7 heteroatoms. The van der Waals surface area contributed by atoms with Crippen LogP contribution >= 0.6 is 12.2 Å². The van der Waals surface area contributed by atoms with E-state index in [1.165, 1.54) is 0 Å². The van der Waals surface area contributed by atoms with Crippen LogP contribution in [0.4, 0.5) is 0 Å². The van der Waals surface area contributed by atoms with Gasteiger partial charge in [0.1, 0.15) is 5.76 Å². The van der Waals surface area contributed by atoms with E-state index in [9.17, 15) is 4.79 Å². The molecule has 0 radical (unpaired) electrons. The molecule has 1 aromatic heterocycles. The van der Waals surface area contributed by atoms with Crippen LogP contribution in [0.3, 0.4) is 0 Å². The molecule has 6 nitrogen and oxygen atoms in total. The summed E-state index contributed by atoms with van der Waals surface area (Å²) >= 11 is 5.06. The molecule has 0 unspecified atom stereocenters. The Morgan fingerprint density at radius 3 is 2.90 bits per heavy atom. The zero-order valence-corrected chi connectivity index (χ0v) is 11.7. The van der Waals surface area contributed by atoms with Crippen molar-refractivity contribution in [3.05, 3.63) is 47.9 Å². The maximum Gasteiger partial charge on any atom is 0.257 e. The van der Waals surface area contributed by atoms with Gasteiger partial charge in [-0.05, 0) is 42.5 Å². The summed E-state index contributed by atoms with van der Waals surface area (Å²) in [6.07, 6.45) is 1.57. The molecule has 0 aliphatic carbocycles. The molecular formula is C14H12N2O4S. The third-order valence-electron chi connectivity index (χ3n) is 2.87. The zero-order chi connectivity index (χ0) is 14.7. The van der Waals surface area contributed by atoms with Crippen molar-refractivity contribution < 1.29 is 18.7 Å². The van der Waals surface area contributed by atoms with E-state index in [0.29, 0.717) is 23.6 Å². The maximum atomic E-state index is 12.1. The fraction of sp³-hybridized carbons (Fsp3) is 0.143. The number of thiocarbonyl (C=S) groups is 1. The average molecular weight is 304 g/mol. The van der Waals surface area contributed by atoms with Gasteiger partial charge in [-0.25, -0.2) is 0 Å². The lowest BCUT2D eigenvalue weighted by atomic mass is 10.2. The highest BCUT2D eigenvalue weighted by Gasteiger charge is 2.16. The number of benzene rings is 1. The molecule has 1 aromatic carbocycles. The summed E-state index contributed by atoms with van der Waals surface area (Å²) in [5.41, 5.74) is 0.446. The number of hydrogen-bond donors (Lipinski definition) is 2. The molecule has 2 heterocycles. The van der Waals surface area contributed by atoms with Gasteiger partial charge in [0.05, 0.1) is 12.8 Å². The third-order valence-corrected chi connectivity index (χ3v) is 3.11. The first-order valence-corrected chi connectivity index (χ1v) is 6.64. The van der Waals surface area contributed by atoms with Crippen LogP contribution < -0.4 is 20.1 Å². The standard InChI is InChI=1S/C14H12N2O4S/c17-13(9-3-4-11-12(6-9)20-8-19-11)16-14(21)15-7-10-2-1-5-18-10/h1-6H,7-8H2,(H2,15,16,17,21). The number of hydrogen-bond acceptors (Lipinski definition) is 5. The quantitative estimate of drug-likeness (QED) is 0.843. The van der Waals surface area contributed by atoms with Crippen molar-refractivity contribution in [1.29, 1.82) is 0 Å². The van der Waals surface area contributed by atoms with Crippen LogP contribution in [-0.4, -0.2) is 17.8 Å². The van der Waals surface area contributed by atoms with Crippen LogP contribution in [0, 0.1) is 0 Å². The minimum absolute atomic E-state index is 0.170. The molecule has 108 valence electrons. The Balaban J connectivity index is 1.57. The minimum Gasteiger partial charge on any atom is -0.467 e. The number of ether oxygens (including phenoxy) is 2. The molecule has 0 fully saturated rings. The number of fused-ring (bicyclic) bond motifs is 1. The number of carbonyl (C=O) groups excluding carboxylic acids is 1. The van der Waals surface area contributed by atoms with E-state index in [1.807, 2.05) is 6.07 Å². The zero-order valence-electron chi connectivity index (χ0n) is 10.9. The van der Waals surface area contributed by atoms with Gasteiger partial charge in [-0.3, -0.25) is 10.1 Å². The predicted molar refractivity (Wildman–Crippen MR) is 78.2 cm³/mol. The Morgan fingerprint density at radius 2 is 2.10 bits per heavy atom. The fourth-order valence-corrected chi connectivity index (χ4v) is 2.00. The van der Waals surface area contributed by atoms with Crippen molar-refractivity contribution in [2.75, 3.05) is 6.79 Å². The van der Waals surface area contributed by atoms with Gasteiger partial charge in [-0.15, -0.1) is 0 Å². The fourth-order valence-electron chi connectivity index (χ4n) is 1.84. The summed E-state index contributed by atoms with van der Waals surface area (Å²) < 4.78 is 15.6. The highest BCUT2D eigenvalue weighted by molar-refractivity contribution is 7.80. The third kappa shape index (κ3) is 3.14. The lowest BCUT2D eigenvalue weighted by Gasteiger charge is -2.08. The van der Waals surface area contributed by atoms with Crippen LogP contribution in [0.25, 0.3) is 0 Å². The molecule has 21 heavy (non-hydrogen) atoms. The average Bonchev–Trinajstić information content (AvgIpc) is 3.15. The number of furan rings is 1. The van der Waals surface area contributed by atoms with Crippen LogP contribution in [0.15, 0.2) is 41.0 Å². The summed E-state index contributed by atoms with van der Waals surface area (Å²) in [5.74, 6) is 1.60. The first-order chi connectivity index (χ1) is 10.2. The summed E-state index contributed by atoms with van der Waals surface area (Å²) in [7, 11) is 0.